The lowest BCUT2D eigenvalue weighted by Gasteiger charge is -2.11. The maximum atomic E-state index is 13.1. The van der Waals surface area contributed by atoms with Crippen LogP contribution >= 0.6 is 23.4 Å². The number of aromatic nitrogens is 5. The topological polar surface area (TPSA) is 96.0 Å². The van der Waals surface area contributed by atoms with Crippen LogP contribution in [0.4, 0.5) is 5.69 Å². The third-order valence-corrected chi connectivity index (χ3v) is 6.78. The third kappa shape index (κ3) is 4.95. The van der Waals surface area contributed by atoms with Crippen LogP contribution in [-0.2, 0) is 18.4 Å². The number of carbonyl (C=O) groups is 1. The van der Waals surface area contributed by atoms with E-state index in [0.717, 1.165) is 0 Å². The molecule has 0 atom stereocenters. The number of amides is 1. The molecule has 0 aliphatic carbocycles. The van der Waals surface area contributed by atoms with Gasteiger partial charge in [-0.1, -0.05) is 47.6 Å². The van der Waals surface area contributed by atoms with E-state index in [9.17, 15) is 9.59 Å². The van der Waals surface area contributed by atoms with Gasteiger partial charge in [-0.25, -0.2) is 4.68 Å². The predicted molar refractivity (Wildman–Crippen MR) is 142 cm³/mol. The quantitative estimate of drug-likeness (QED) is 0.259. The van der Waals surface area contributed by atoms with Crippen molar-refractivity contribution in [1.29, 1.82) is 0 Å². The summed E-state index contributed by atoms with van der Waals surface area (Å²) in [5, 5.41) is 12.4. The van der Waals surface area contributed by atoms with Crippen molar-refractivity contribution in [1.82, 2.24) is 24.1 Å². The summed E-state index contributed by atoms with van der Waals surface area (Å²) in [5.74, 6) is 0.838. The number of hydrogen-bond acceptors (Lipinski definition) is 6. The van der Waals surface area contributed by atoms with Crippen LogP contribution in [0.5, 0.6) is 5.75 Å². The zero-order valence-corrected chi connectivity index (χ0v) is 21.6. The average molecular weight is 525 g/mol. The number of nitrogens with zero attached hydrogens (tertiary/aromatic N) is 5. The molecule has 0 aliphatic heterocycles. The van der Waals surface area contributed by atoms with Crippen LogP contribution in [0.2, 0.25) is 5.02 Å². The molecular formula is C25H25ClN6O3S. The molecule has 0 radical (unpaired) electrons. The first-order chi connectivity index (χ1) is 17.3. The molecule has 4 rings (SSSR count). The Kier molecular flexibility index (Phi) is 7.66. The summed E-state index contributed by atoms with van der Waals surface area (Å²) in [4.78, 5) is 25.9. The molecule has 2 aromatic heterocycles. The highest BCUT2D eigenvalue weighted by Gasteiger charge is 2.21. The van der Waals surface area contributed by atoms with E-state index in [1.54, 1.807) is 50.0 Å². The summed E-state index contributed by atoms with van der Waals surface area (Å²) in [6, 6.07) is 14.5. The molecule has 1 amide bonds. The Morgan fingerprint density at radius 1 is 1.22 bits per heavy atom. The number of methoxy groups -OCH3 is 1. The lowest BCUT2D eigenvalue weighted by atomic mass is 10.2. The maximum Gasteiger partial charge on any atom is 0.295 e. The van der Waals surface area contributed by atoms with E-state index in [2.05, 4.69) is 22.1 Å². The largest absolute Gasteiger partial charge is 0.496 e. The lowest BCUT2D eigenvalue weighted by Crippen LogP contribution is -2.23. The molecule has 0 spiro atoms. The van der Waals surface area contributed by atoms with Gasteiger partial charge in [0.15, 0.2) is 11.0 Å². The lowest BCUT2D eigenvalue weighted by molar-refractivity contribution is -0.113. The van der Waals surface area contributed by atoms with Crippen LogP contribution in [0.15, 0.2) is 71.1 Å². The van der Waals surface area contributed by atoms with Crippen molar-refractivity contribution in [3.8, 4) is 22.8 Å². The molecule has 0 aliphatic rings. The van der Waals surface area contributed by atoms with E-state index in [-0.39, 0.29) is 22.9 Å². The van der Waals surface area contributed by atoms with Gasteiger partial charge in [-0.2, -0.15) is 0 Å². The Balaban J connectivity index is 1.55. The van der Waals surface area contributed by atoms with Gasteiger partial charge in [0.2, 0.25) is 5.91 Å². The van der Waals surface area contributed by atoms with E-state index >= 15 is 0 Å². The van der Waals surface area contributed by atoms with Gasteiger partial charge in [0, 0.05) is 18.6 Å². The summed E-state index contributed by atoms with van der Waals surface area (Å²) in [6.07, 6.45) is 1.72. The van der Waals surface area contributed by atoms with Crippen LogP contribution in [0.1, 0.15) is 5.69 Å². The number of rotatable bonds is 9. The van der Waals surface area contributed by atoms with Gasteiger partial charge >= 0.3 is 0 Å². The van der Waals surface area contributed by atoms with Crippen molar-refractivity contribution in [2.45, 2.75) is 18.6 Å². The highest BCUT2D eigenvalue weighted by Crippen LogP contribution is 2.33. The van der Waals surface area contributed by atoms with Crippen molar-refractivity contribution >= 4 is 35.0 Å². The summed E-state index contributed by atoms with van der Waals surface area (Å²) in [7, 11) is 3.34. The highest BCUT2D eigenvalue weighted by molar-refractivity contribution is 7.99. The second-order valence-electron chi connectivity index (χ2n) is 7.82. The minimum Gasteiger partial charge on any atom is -0.496 e. The van der Waals surface area contributed by atoms with Crippen LogP contribution in [-0.4, -0.2) is 42.9 Å². The number of ether oxygens (including phenoxy) is 1. The van der Waals surface area contributed by atoms with E-state index in [4.69, 9.17) is 16.3 Å². The summed E-state index contributed by atoms with van der Waals surface area (Å²) < 4.78 is 10.5. The number of benzene rings is 2. The van der Waals surface area contributed by atoms with E-state index < -0.39 is 0 Å². The number of thioether (sulfide) groups is 1. The monoisotopic (exact) mass is 524 g/mol. The van der Waals surface area contributed by atoms with E-state index in [0.29, 0.717) is 45.2 Å². The van der Waals surface area contributed by atoms with Crippen molar-refractivity contribution in [2.24, 2.45) is 7.05 Å². The smallest absolute Gasteiger partial charge is 0.295 e. The SMILES string of the molecule is C=CCn1c(SCC(=O)Nc2c(C)n(C)n(-c3ccccc3)c2=O)nnc1-c1cc(Cl)ccc1OC. The third-order valence-electron chi connectivity index (χ3n) is 5.58. The Bertz CT molecular complexity index is 1480. The molecule has 0 saturated carbocycles. The minimum atomic E-state index is -0.332. The summed E-state index contributed by atoms with van der Waals surface area (Å²) in [6.45, 7) is 6.02. The van der Waals surface area contributed by atoms with Crippen LogP contribution in [0, 0.1) is 6.92 Å². The van der Waals surface area contributed by atoms with Gasteiger partial charge in [0.25, 0.3) is 5.56 Å². The fourth-order valence-corrected chi connectivity index (χ4v) is 4.68. The van der Waals surface area contributed by atoms with Crippen molar-refractivity contribution < 1.29 is 9.53 Å². The molecule has 1 N–H and O–H groups in total. The zero-order valence-electron chi connectivity index (χ0n) is 20.1. The average Bonchev–Trinajstić information content (AvgIpc) is 3.37. The predicted octanol–water partition coefficient (Wildman–Crippen LogP) is 4.32. The van der Waals surface area contributed by atoms with Crippen LogP contribution in [0.25, 0.3) is 17.1 Å². The van der Waals surface area contributed by atoms with E-state index in [1.807, 2.05) is 34.9 Å². The molecule has 0 fully saturated rings. The molecule has 4 aromatic rings. The van der Waals surface area contributed by atoms with Crippen LogP contribution < -0.4 is 15.6 Å². The Hall–Kier alpha value is -3.76. The molecule has 186 valence electrons. The first kappa shape index (κ1) is 25.3. The molecule has 9 nitrogen and oxygen atoms in total. The summed E-state index contributed by atoms with van der Waals surface area (Å²) >= 11 is 7.40. The molecule has 0 unspecified atom stereocenters. The summed E-state index contributed by atoms with van der Waals surface area (Å²) in [5.41, 5.74) is 1.97. The molecule has 11 heteroatoms. The number of anilines is 1. The zero-order chi connectivity index (χ0) is 25.8. The van der Waals surface area contributed by atoms with Gasteiger partial charge < -0.3 is 10.1 Å². The standard InChI is InChI=1S/C25H25ClN6O3S/c1-5-13-31-23(19-14-17(26)11-12-20(19)35-4)28-29-25(31)36-15-21(33)27-22-16(2)30(3)32(24(22)34)18-9-7-6-8-10-18/h5-12,14H,1,13,15H2,2-4H3,(H,27,33). The minimum absolute atomic E-state index is 0.0288. The van der Waals surface area contributed by atoms with E-state index in [1.165, 1.54) is 16.4 Å². The van der Waals surface area contributed by atoms with Gasteiger partial charge in [-0.15, -0.1) is 16.8 Å². The second-order valence-corrected chi connectivity index (χ2v) is 9.20. The van der Waals surface area contributed by atoms with Crippen LogP contribution in [0.3, 0.4) is 0 Å². The first-order valence-corrected chi connectivity index (χ1v) is 12.4. The normalized spacial score (nSPS) is 10.9. The number of halogens is 1. The van der Waals surface area contributed by atoms with Crippen molar-refractivity contribution in [2.75, 3.05) is 18.2 Å². The highest BCUT2D eigenvalue weighted by atomic mass is 35.5. The molecule has 36 heavy (non-hydrogen) atoms. The second kappa shape index (κ2) is 10.9. The molecule has 2 aromatic carbocycles. The first-order valence-electron chi connectivity index (χ1n) is 11.0. The number of allylic oxidation sites excluding steroid dienone is 1. The number of nitrogens with one attached hydrogen (secondary N) is 1. The number of hydrogen-bond donors (Lipinski definition) is 1. The fraction of sp³-hybridized carbons (Fsp3) is 0.200. The fourth-order valence-electron chi connectivity index (χ4n) is 3.76. The molecule has 0 saturated heterocycles. The Morgan fingerprint density at radius 2 is 1.97 bits per heavy atom. The van der Waals surface area contributed by atoms with Gasteiger partial charge in [-0.3, -0.25) is 18.8 Å². The number of para-hydroxylation sites is 1. The molecule has 0 bridgehead atoms. The van der Waals surface area contributed by atoms with Gasteiger partial charge in [-0.05, 0) is 37.3 Å². The van der Waals surface area contributed by atoms with Gasteiger partial charge in [0.05, 0.1) is 29.8 Å². The van der Waals surface area contributed by atoms with Gasteiger partial charge in [0.1, 0.15) is 11.4 Å². The van der Waals surface area contributed by atoms with Crippen molar-refractivity contribution in [3.63, 3.8) is 0 Å². The maximum absolute atomic E-state index is 13.1. The number of carbonyl (C=O) groups excluding carboxylic acids is 1. The molecule has 2 heterocycles. The Morgan fingerprint density at radius 3 is 2.67 bits per heavy atom. The molecular weight excluding hydrogens is 500 g/mol. The Labute approximate surface area is 217 Å². The van der Waals surface area contributed by atoms with Crippen molar-refractivity contribution in [3.05, 3.63) is 82.3 Å².